The predicted molar refractivity (Wildman–Crippen MR) is 67.9 cm³/mol. The average Bonchev–Trinajstić information content (AvgIpc) is 2.80. The van der Waals surface area contributed by atoms with Gasteiger partial charge in [0.2, 0.25) is 0 Å². The highest BCUT2D eigenvalue weighted by Crippen LogP contribution is 2.29. The largest absolute Gasteiger partial charge is 0.357 e. The summed E-state index contributed by atoms with van der Waals surface area (Å²) in [6.45, 7) is 6.24. The van der Waals surface area contributed by atoms with Crippen molar-refractivity contribution >= 4 is 5.91 Å². The normalized spacial score (nSPS) is 23.3. The number of piperidine rings is 1. The minimum Gasteiger partial charge on any atom is -0.357 e. The standard InChI is InChI=1S/C13H21N3O/c1-13(2)6-4-8-15-11(13)9-16-12(17)10-5-3-7-14-10/h3,5,7,11,14-15H,4,6,8-9H2,1-2H3,(H,16,17). The van der Waals surface area contributed by atoms with E-state index in [-0.39, 0.29) is 11.3 Å². The van der Waals surface area contributed by atoms with E-state index in [4.69, 9.17) is 0 Å². The Morgan fingerprint density at radius 1 is 1.59 bits per heavy atom. The van der Waals surface area contributed by atoms with Crippen LogP contribution in [0.3, 0.4) is 0 Å². The van der Waals surface area contributed by atoms with Gasteiger partial charge in [-0.05, 0) is 36.9 Å². The molecule has 1 aromatic heterocycles. The molecule has 17 heavy (non-hydrogen) atoms. The van der Waals surface area contributed by atoms with Gasteiger partial charge in [-0.2, -0.15) is 0 Å². The third-order valence-electron chi connectivity index (χ3n) is 3.64. The van der Waals surface area contributed by atoms with Crippen LogP contribution in [-0.4, -0.2) is 30.0 Å². The molecule has 1 aliphatic rings. The summed E-state index contributed by atoms with van der Waals surface area (Å²) in [5.41, 5.74) is 0.875. The molecule has 1 fully saturated rings. The number of hydrogen-bond donors (Lipinski definition) is 3. The number of carbonyl (C=O) groups is 1. The molecule has 1 atom stereocenters. The van der Waals surface area contributed by atoms with E-state index in [1.807, 2.05) is 6.07 Å². The van der Waals surface area contributed by atoms with Crippen molar-refractivity contribution in [3.63, 3.8) is 0 Å². The zero-order valence-corrected chi connectivity index (χ0v) is 10.5. The van der Waals surface area contributed by atoms with Gasteiger partial charge in [0.1, 0.15) is 5.69 Å². The summed E-state index contributed by atoms with van der Waals surface area (Å²) in [6, 6.07) is 3.97. The molecular weight excluding hydrogens is 214 g/mol. The molecule has 0 aromatic carbocycles. The Morgan fingerprint density at radius 2 is 2.41 bits per heavy atom. The van der Waals surface area contributed by atoms with E-state index in [0.717, 1.165) is 6.54 Å². The van der Waals surface area contributed by atoms with Crippen molar-refractivity contribution in [2.75, 3.05) is 13.1 Å². The fraction of sp³-hybridized carbons (Fsp3) is 0.615. The van der Waals surface area contributed by atoms with Crippen LogP contribution in [0.4, 0.5) is 0 Å². The van der Waals surface area contributed by atoms with Gasteiger partial charge in [-0.1, -0.05) is 13.8 Å². The van der Waals surface area contributed by atoms with Crippen LogP contribution in [0.25, 0.3) is 0 Å². The highest BCUT2D eigenvalue weighted by Gasteiger charge is 2.31. The maximum absolute atomic E-state index is 11.8. The van der Waals surface area contributed by atoms with Gasteiger partial charge in [-0.15, -0.1) is 0 Å². The number of rotatable bonds is 3. The summed E-state index contributed by atoms with van der Waals surface area (Å²) in [6.07, 6.45) is 4.19. The first kappa shape index (κ1) is 12.2. The van der Waals surface area contributed by atoms with Crippen LogP contribution in [0.15, 0.2) is 18.3 Å². The zero-order valence-electron chi connectivity index (χ0n) is 10.5. The molecule has 0 aliphatic carbocycles. The molecule has 0 bridgehead atoms. The van der Waals surface area contributed by atoms with Crippen LogP contribution in [0, 0.1) is 5.41 Å². The molecule has 0 radical (unpaired) electrons. The van der Waals surface area contributed by atoms with Gasteiger partial charge in [-0.3, -0.25) is 4.79 Å². The van der Waals surface area contributed by atoms with Gasteiger partial charge in [0.15, 0.2) is 0 Å². The van der Waals surface area contributed by atoms with Gasteiger partial charge >= 0.3 is 0 Å². The number of H-pyrrole nitrogens is 1. The molecule has 1 aromatic rings. The van der Waals surface area contributed by atoms with Crippen molar-refractivity contribution in [3.8, 4) is 0 Å². The molecule has 1 unspecified atom stereocenters. The van der Waals surface area contributed by atoms with Gasteiger partial charge in [0.25, 0.3) is 5.91 Å². The highest BCUT2D eigenvalue weighted by molar-refractivity contribution is 5.92. The summed E-state index contributed by atoms with van der Waals surface area (Å²) in [5, 5.41) is 6.46. The number of carbonyl (C=O) groups excluding carboxylic acids is 1. The fourth-order valence-electron chi connectivity index (χ4n) is 2.38. The second kappa shape index (κ2) is 4.92. The molecule has 0 saturated carbocycles. The van der Waals surface area contributed by atoms with E-state index in [9.17, 15) is 4.79 Å². The molecule has 4 heteroatoms. The smallest absolute Gasteiger partial charge is 0.267 e. The Hall–Kier alpha value is -1.29. The minimum absolute atomic E-state index is 0.0295. The molecule has 4 nitrogen and oxygen atoms in total. The van der Waals surface area contributed by atoms with E-state index < -0.39 is 0 Å². The number of nitrogens with one attached hydrogen (secondary N) is 3. The molecule has 2 rings (SSSR count). The van der Waals surface area contributed by atoms with Crippen molar-refractivity contribution in [3.05, 3.63) is 24.0 Å². The monoisotopic (exact) mass is 235 g/mol. The highest BCUT2D eigenvalue weighted by atomic mass is 16.1. The topological polar surface area (TPSA) is 56.9 Å². The first-order valence-corrected chi connectivity index (χ1v) is 6.24. The maximum Gasteiger partial charge on any atom is 0.267 e. The van der Waals surface area contributed by atoms with Crippen molar-refractivity contribution in [1.29, 1.82) is 0 Å². The van der Waals surface area contributed by atoms with Crippen LogP contribution in [0.5, 0.6) is 0 Å². The number of aromatic nitrogens is 1. The van der Waals surface area contributed by atoms with Gasteiger partial charge < -0.3 is 15.6 Å². The quantitative estimate of drug-likeness (QED) is 0.744. The van der Waals surface area contributed by atoms with Crippen molar-refractivity contribution < 1.29 is 4.79 Å². The second-order valence-corrected chi connectivity index (χ2v) is 5.39. The summed E-state index contributed by atoms with van der Waals surface area (Å²) in [7, 11) is 0. The van der Waals surface area contributed by atoms with Crippen LogP contribution < -0.4 is 10.6 Å². The molecule has 0 spiro atoms. The van der Waals surface area contributed by atoms with Gasteiger partial charge in [0.05, 0.1) is 0 Å². The SMILES string of the molecule is CC1(C)CCCNC1CNC(=O)c1ccc[nH]1. The van der Waals surface area contributed by atoms with Crippen LogP contribution >= 0.6 is 0 Å². The molecule has 1 saturated heterocycles. The minimum atomic E-state index is -0.0295. The number of aromatic amines is 1. The molecule has 1 aliphatic heterocycles. The lowest BCUT2D eigenvalue weighted by molar-refractivity contribution is 0.0924. The van der Waals surface area contributed by atoms with E-state index in [1.54, 1.807) is 12.3 Å². The molecule has 2 heterocycles. The van der Waals surface area contributed by atoms with Crippen LogP contribution in [0.1, 0.15) is 37.2 Å². The Bertz CT molecular complexity index is 370. The third kappa shape index (κ3) is 2.88. The van der Waals surface area contributed by atoms with E-state index in [1.165, 1.54) is 12.8 Å². The molecule has 1 amide bonds. The lowest BCUT2D eigenvalue weighted by Crippen LogP contribution is -2.52. The van der Waals surface area contributed by atoms with Crippen LogP contribution in [-0.2, 0) is 0 Å². The Balaban J connectivity index is 1.87. The third-order valence-corrected chi connectivity index (χ3v) is 3.64. The van der Waals surface area contributed by atoms with E-state index in [2.05, 4.69) is 29.5 Å². The molecule has 3 N–H and O–H groups in total. The maximum atomic E-state index is 11.8. The first-order chi connectivity index (χ1) is 8.09. The van der Waals surface area contributed by atoms with Gasteiger partial charge in [-0.25, -0.2) is 0 Å². The summed E-state index contributed by atoms with van der Waals surface area (Å²) in [5.74, 6) is -0.0295. The lowest BCUT2D eigenvalue weighted by atomic mass is 9.77. The fourth-order valence-corrected chi connectivity index (χ4v) is 2.38. The van der Waals surface area contributed by atoms with Crippen molar-refractivity contribution in [2.24, 2.45) is 5.41 Å². The summed E-state index contributed by atoms with van der Waals surface area (Å²) >= 11 is 0. The first-order valence-electron chi connectivity index (χ1n) is 6.24. The van der Waals surface area contributed by atoms with E-state index >= 15 is 0 Å². The Morgan fingerprint density at radius 3 is 3.06 bits per heavy atom. The average molecular weight is 235 g/mol. The zero-order chi connectivity index (χ0) is 12.3. The Kier molecular flexibility index (Phi) is 3.52. The molecule has 94 valence electrons. The summed E-state index contributed by atoms with van der Waals surface area (Å²) < 4.78 is 0. The number of hydrogen-bond acceptors (Lipinski definition) is 2. The Labute approximate surface area is 102 Å². The van der Waals surface area contributed by atoms with Crippen LogP contribution in [0.2, 0.25) is 0 Å². The van der Waals surface area contributed by atoms with Crippen molar-refractivity contribution in [1.82, 2.24) is 15.6 Å². The lowest BCUT2D eigenvalue weighted by Gasteiger charge is -2.39. The van der Waals surface area contributed by atoms with E-state index in [0.29, 0.717) is 18.3 Å². The second-order valence-electron chi connectivity index (χ2n) is 5.39. The summed E-state index contributed by atoms with van der Waals surface area (Å²) in [4.78, 5) is 14.7. The predicted octanol–water partition coefficient (Wildman–Crippen LogP) is 1.52. The van der Waals surface area contributed by atoms with Crippen molar-refractivity contribution in [2.45, 2.75) is 32.7 Å². The number of amides is 1. The van der Waals surface area contributed by atoms with Gasteiger partial charge in [0, 0.05) is 18.8 Å². The molecular formula is C13H21N3O.